The molecule has 0 atom stereocenters. The molecule has 1 aliphatic rings. The first kappa shape index (κ1) is 24.2. The van der Waals surface area contributed by atoms with Gasteiger partial charge in [-0.1, -0.05) is 17.8 Å². The van der Waals surface area contributed by atoms with E-state index >= 15 is 0 Å². The molecule has 160 valence electrons. The molecule has 6 nitrogen and oxygen atoms in total. The average molecular weight is 547 g/mol. The first-order valence-corrected chi connectivity index (χ1v) is 11.9. The molecule has 0 radical (unpaired) electrons. The molecular formula is C20H31IN6S2. The van der Waals surface area contributed by atoms with Gasteiger partial charge in [-0.05, 0) is 44.7 Å². The van der Waals surface area contributed by atoms with Crippen LogP contribution in [-0.2, 0) is 0 Å². The lowest BCUT2D eigenvalue weighted by atomic mass is 10.1. The number of aliphatic imine (C=N–C) groups is 1. The number of pyridine rings is 1. The van der Waals surface area contributed by atoms with Gasteiger partial charge in [0.1, 0.15) is 10.2 Å². The molecule has 9 heteroatoms. The second kappa shape index (κ2) is 13.3. The van der Waals surface area contributed by atoms with E-state index in [-0.39, 0.29) is 24.0 Å². The van der Waals surface area contributed by atoms with Gasteiger partial charge in [-0.15, -0.1) is 35.3 Å². The van der Waals surface area contributed by atoms with E-state index in [2.05, 4.69) is 51.5 Å². The number of piperidine rings is 1. The molecule has 2 N–H and O–H groups in total. The fraction of sp³-hybridized carbons (Fsp3) is 0.550. The number of guanidine groups is 1. The Morgan fingerprint density at radius 2 is 2.14 bits per heavy atom. The molecule has 2 aromatic heterocycles. The number of thiazole rings is 1. The third-order valence-corrected chi connectivity index (χ3v) is 6.66. The Hall–Kier alpha value is -1.07. The van der Waals surface area contributed by atoms with Gasteiger partial charge in [-0.2, -0.15) is 0 Å². The lowest BCUT2D eigenvalue weighted by Crippen LogP contribution is -2.49. The molecule has 1 aliphatic heterocycles. The molecule has 0 aromatic carbocycles. The van der Waals surface area contributed by atoms with Crippen molar-refractivity contribution in [2.24, 2.45) is 4.99 Å². The predicted octanol–water partition coefficient (Wildman–Crippen LogP) is 4.17. The standard InChI is InChI=1S/C20H30N6S2.HI/c1-3-21-19(22-9-4-13-27-20-23-10-14-28-20)25-17-7-11-26(12-8-17)18-6-5-16(2)15-24-18;/h5-6,10,14-15,17H,3-4,7-9,11-13H2,1-2H3,(H2,21,22,25);1H. The minimum atomic E-state index is 0. The Kier molecular flexibility index (Phi) is 11.1. The Morgan fingerprint density at radius 3 is 2.79 bits per heavy atom. The molecule has 1 fully saturated rings. The minimum Gasteiger partial charge on any atom is -0.357 e. The summed E-state index contributed by atoms with van der Waals surface area (Å²) in [6.07, 6.45) is 7.05. The van der Waals surface area contributed by atoms with Crippen molar-refractivity contribution in [3.63, 3.8) is 0 Å². The van der Waals surface area contributed by atoms with E-state index in [1.54, 1.807) is 11.3 Å². The molecule has 0 aliphatic carbocycles. The Balaban J connectivity index is 0.00000300. The van der Waals surface area contributed by atoms with E-state index in [1.807, 2.05) is 29.5 Å². The number of nitrogens with one attached hydrogen (secondary N) is 2. The summed E-state index contributed by atoms with van der Waals surface area (Å²) < 4.78 is 1.14. The normalized spacial score (nSPS) is 15.1. The fourth-order valence-corrected chi connectivity index (χ4v) is 4.74. The van der Waals surface area contributed by atoms with Gasteiger partial charge >= 0.3 is 0 Å². The van der Waals surface area contributed by atoms with Crippen molar-refractivity contribution in [2.75, 3.05) is 36.8 Å². The highest BCUT2D eigenvalue weighted by atomic mass is 127. The Morgan fingerprint density at radius 1 is 1.31 bits per heavy atom. The zero-order valence-corrected chi connectivity index (χ0v) is 21.1. The lowest BCUT2D eigenvalue weighted by molar-refractivity contribution is 0.459. The summed E-state index contributed by atoms with van der Waals surface area (Å²) in [4.78, 5) is 16.0. The van der Waals surface area contributed by atoms with Gasteiger partial charge < -0.3 is 15.5 Å². The van der Waals surface area contributed by atoms with Crippen molar-refractivity contribution >= 4 is 58.9 Å². The molecule has 1 saturated heterocycles. The quantitative estimate of drug-likeness (QED) is 0.170. The van der Waals surface area contributed by atoms with Gasteiger partial charge in [0, 0.05) is 55.7 Å². The molecule has 3 heterocycles. The lowest BCUT2D eigenvalue weighted by Gasteiger charge is -2.33. The topological polar surface area (TPSA) is 65.4 Å². The van der Waals surface area contributed by atoms with Crippen LogP contribution in [0.4, 0.5) is 5.82 Å². The third-order valence-electron chi connectivity index (χ3n) is 4.61. The summed E-state index contributed by atoms with van der Waals surface area (Å²) in [6.45, 7) is 7.95. The Labute approximate surface area is 199 Å². The molecule has 2 aromatic rings. The van der Waals surface area contributed by atoms with Gasteiger partial charge in [-0.25, -0.2) is 9.97 Å². The maximum absolute atomic E-state index is 4.75. The molecule has 3 rings (SSSR count). The molecule has 0 bridgehead atoms. The highest BCUT2D eigenvalue weighted by Crippen LogP contribution is 2.20. The summed E-state index contributed by atoms with van der Waals surface area (Å²) in [5.41, 5.74) is 1.21. The van der Waals surface area contributed by atoms with Crippen molar-refractivity contribution in [3.8, 4) is 0 Å². The molecule has 0 saturated carbocycles. The van der Waals surface area contributed by atoms with E-state index in [4.69, 9.17) is 4.99 Å². The average Bonchev–Trinajstić information content (AvgIpc) is 3.23. The van der Waals surface area contributed by atoms with E-state index in [0.717, 1.165) is 67.3 Å². The van der Waals surface area contributed by atoms with Crippen LogP contribution < -0.4 is 15.5 Å². The molecule has 29 heavy (non-hydrogen) atoms. The number of hydrogen-bond acceptors (Lipinski definition) is 6. The first-order valence-electron chi connectivity index (χ1n) is 9.99. The number of thioether (sulfide) groups is 1. The van der Waals surface area contributed by atoms with Crippen LogP contribution in [0.2, 0.25) is 0 Å². The van der Waals surface area contributed by atoms with Gasteiger partial charge in [-0.3, -0.25) is 4.99 Å². The van der Waals surface area contributed by atoms with Crippen LogP contribution in [0.15, 0.2) is 39.2 Å². The van der Waals surface area contributed by atoms with Crippen LogP contribution in [-0.4, -0.2) is 53.9 Å². The summed E-state index contributed by atoms with van der Waals surface area (Å²) >= 11 is 3.51. The summed E-state index contributed by atoms with van der Waals surface area (Å²) in [5, 5.41) is 9.02. The van der Waals surface area contributed by atoms with Gasteiger partial charge in [0.15, 0.2) is 5.96 Å². The molecular weight excluding hydrogens is 515 g/mol. The zero-order chi connectivity index (χ0) is 19.6. The van der Waals surface area contributed by atoms with Crippen LogP contribution >= 0.6 is 47.1 Å². The predicted molar refractivity (Wildman–Crippen MR) is 136 cm³/mol. The van der Waals surface area contributed by atoms with Crippen LogP contribution in [0.5, 0.6) is 0 Å². The van der Waals surface area contributed by atoms with Crippen LogP contribution in [0, 0.1) is 6.92 Å². The second-order valence-electron chi connectivity index (χ2n) is 6.86. The first-order chi connectivity index (χ1) is 13.7. The van der Waals surface area contributed by atoms with Crippen LogP contribution in [0.25, 0.3) is 0 Å². The Bertz CT molecular complexity index is 715. The number of anilines is 1. The monoisotopic (exact) mass is 546 g/mol. The van der Waals surface area contributed by atoms with Gasteiger partial charge in [0.25, 0.3) is 0 Å². The largest absolute Gasteiger partial charge is 0.357 e. The molecule has 0 spiro atoms. The maximum atomic E-state index is 4.75. The van der Waals surface area contributed by atoms with E-state index in [1.165, 1.54) is 5.56 Å². The van der Waals surface area contributed by atoms with Crippen LogP contribution in [0.1, 0.15) is 31.7 Å². The SMILES string of the molecule is CCNC(=NCCCSc1nccs1)NC1CCN(c2ccc(C)cn2)CC1.I. The number of aryl methyl sites for hydroxylation is 1. The van der Waals surface area contributed by atoms with Crippen molar-refractivity contribution in [2.45, 2.75) is 43.5 Å². The van der Waals surface area contributed by atoms with Crippen molar-refractivity contribution in [1.29, 1.82) is 0 Å². The number of hydrogen-bond donors (Lipinski definition) is 2. The molecule has 0 unspecified atom stereocenters. The van der Waals surface area contributed by atoms with E-state index in [9.17, 15) is 0 Å². The zero-order valence-electron chi connectivity index (χ0n) is 17.1. The third kappa shape index (κ3) is 8.29. The highest BCUT2D eigenvalue weighted by molar-refractivity contribution is 14.0. The summed E-state index contributed by atoms with van der Waals surface area (Å²) in [7, 11) is 0. The van der Waals surface area contributed by atoms with E-state index < -0.39 is 0 Å². The number of halogens is 1. The van der Waals surface area contributed by atoms with Crippen molar-refractivity contribution < 1.29 is 0 Å². The maximum Gasteiger partial charge on any atom is 0.191 e. The van der Waals surface area contributed by atoms with Crippen molar-refractivity contribution in [1.82, 2.24) is 20.6 Å². The highest BCUT2D eigenvalue weighted by Gasteiger charge is 2.20. The molecule has 0 amide bonds. The summed E-state index contributed by atoms with van der Waals surface area (Å²) in [6, 6.07) is 4.72. The van der Waals surface area contributed by atoms with E-state index in [0.29, 0.717) is 6.04 Å². The number of rotatable bonds is 8. The minimum absolute atomic E-state index is 0. The number of nitrogens with zero attached hydrogens (tertiary/aromatic N) is 4. The van der Waals surface area contributed by atoms with Gasteiger partial charge in [0.05, 0.1) is 0 Å². The summed E-state index contributed by atoms with van der Waals surface area (Å²) in [5.74, 6) is 3.08. The fourth-order valence-electron chi connectivity index (χ4n) is 3.11. The smallest absolute Gasteiger partial charge is 0.191 e. The second-order valence-corrected chi connectivity index (χ2v) is 9.10. The number of aromatic nitrogens is 2. The van der Waals surface area contributed by atoms with Gasteiger partial charge in [0.2, 0.25) is 0 Å². The van der Waals surface area contributed by atoms with Crippen LogP contribution in [0.3, 0.4) is 0 Å². The van der Waals surface area contributed by atoms with Crippen molar-refractivity contribution in [3.05, 3.63) is 35.5 Å².